The van der Waals surface area contributed by atoms with Crippen molar-refractivity contribution in [1.82, 2.24) is 4.90 Å². The molecule has 0 amide bonds. The Balaban J connectivity index is 0.916. The Morgan fingerprint density at radius 1 is 1.00 bits per heavy atom. The third-order valence-electron chi connectivity index (χ3n) is 11.5. The predicted molar refractivity (Wildman–Crippen MR) is 177 cm³/mol. The Bertz CT molecular complexity index is 1410. The van der Waals surface area contributed by atoms with Crippen molar-refractivity contribution >= 4 is 28.7 Å². The summed E-state index contributed by atoms with van der Waals surface area (Å²) >= 11 is 0. The number of piperidine rings is 1. The summed E-state index contributed by atoms with van der Waals surface area (Å²) in [5, 5.41) is 3.38. The van der Waals surface area contributed by atoms with Gasteiger partial charge in [0.15, 0.2) is 5.78 Å². The Kier molecular flexibility index (Phi) is 9.29. The molecule has 0 spiro atoms. The van der Waals surface area contributed by atoms with Crippen LogP contribution >= 0.6 is 0 Å². The molecule has 3 fully saturated rings. The maximum absolute atomic E-state index is 13.9. The molecule has 242 valence electrons. The van der Waals surface area contributed by atoms with Crippen LogP contribution in [0.2, 0.25) is 0 Å². The predicted octanol–water partition coefficient (Wildman–Crippen LogP) is 8.64. The minimum Gasteiger partial charge on any atom is -0.378 e. The summed E-state index contributed by atoms with van der Waals surface area (Å²) in [6, 6.07) is 12.4. The Morgan fingerprint density at radius 3 is 2.36 bits per heavy atom. The lowest BCUT2D eigenvalue weighted by Gasteiger charge is -2.33. The molecule has 45 heavy (non-hydrogen) atoms. The summed E-state index contributed by atoms with van der Waals surface area (Å²) in [6.07, 6.45) is 8.08. The second-order valence-electron chi connectivity index (χ2n) is 14.5. The van der Waals surface area contributed by atoms with Crippen molar-refractivity contribution in [2.45, 2.75) is 90.9 Å². The van der Waals surface area contributed by atoms with E-state index in [1.165, 1.54) is 31.9 Å². The summed E-state index contributed by atoms with van der Waals surface area (Å²) in [5.74, 6) is 0.835. The zero-order valence-corrected chi connectivity index (χ0v) is 27.2. The van der Waals surface area contributed by atoms with Crippen LogP contribution < -0.4 is 5.32 Å². The number of halogens is 2. The highest BCUT2D eigenvalue weighted by Crippen LogP contribution is 2.62. The molecule has 4 aliphatic rings. The molecule has 2 aliphatic carbocycles. The van der Waals surface area contributed by atoms with Crippen molar-refractivity contribution in [3.63, 3.8) is 0 Å². The highest BCUT2D eigenvalue weighted by atomic mass is 19.3. The second-order valence-corrected chi connectivity index (χ2v) is 14.5. The van der Waals surface area contributed by atoms with E-state index >= 15 is 0 Å². The van der Waals surface area contributed by atoms with Gasteiger partial charge in [0.2, 0.25) is 0 Å². The molecule has 2 aromatic carbocycles. The van der Waals surface area contributed by atoms with E-state index in [9.17, 15) is 18.4 Å². The molecule has 7 heteroatoms. The van der Waals surface area contributed by atoms with E-state index < -0.39 is 5.92 Å². The molecule has 2 saturated carbocycles. The fraction of sp³-hybridized carbons (Fsp3) is 0.605. The van der Waals surface area contributed by atoms with Crippen molar-refractivity contribution < 1.29 is 18.4 Å². The van der Waals surface area contributed by atoms with E-state index in [1.54, 1.807) is 12.1 Å². The average molecular weight is 618 g/mol. The number of nitrogens with one attached hydrogen (secondary N) is 1. The standard InChI is InChI=1S/C38H49F2N3O2/c1-4-38(39,40)29-9-5-26(6-10-29)7-11-30(44)17-22-43-20-15-27(16-21-43)35-31-13-18-37(3,19-14-32(31)35)36(45)28-8-12-33-34(23-28)42-25(2)24-41-33/h5-6,8-10,12,23,27,31-32,35,41H,4,7,11,13-22,24H2,1-3H3. The maximum atomic E-state index is 13.9. The molecule has 2 aliphatic heterocycles. The number of anilines is 1. The zero-order chi connectivity index (χ0) is 31.8. The topological polar surface area (TPSA) is 61.8 Å². The molecule has 6 rings (SSSR count). The third kappa shape index (κ3) is 7.08. The molecule has 5 nitrogen and oxygen atoms in total. The number of Topliss-reactive ketones (excluding diaryl/α,β-unsaturated/α-hetero) is 2. The monoisotopic (exact) mass is 617 g/mol. The van der Waals surface area contributed by atoms with Gasteiger partial charge < -0.3 is 10.2 Å². The van der Waals surface area contributed by atoms with Crippen molar-refractivity contribution in [3.05, 3.63) is 59.2 Å². The number of aliphatic imine (C=N–C) groups is 1. The van der Waals surface area contributed by atoms with Crippen molar-refractivity contribution in [2.24, 2.45) is 34.1 Å². The molecule has 0 bridgehead atoms. The molecule has 1 saturated heterocycles. The molecule has 2 unspecified atom stereocenters. The fourth-order valence-electron chi connectivity index (χ4n) is 8.41. The van der Waals surface area contributed by atoms with Gasteiger partial charge in [-0.05, 0) is 112 Å². The van der Waals surface area contributed by atoms with Crippen LogP contribution in [0.25, 0.3) is 0 Å². The van der Waals surface area contributed by atoms with Gasteiger partial charge in [-0.2, -0.15) is 0 Å². The summed E-state index contributed by atoms with van der Waals surface area (Å²) < 4.78 is 27.7. The SMILES string of the molecule is CCC(F)(F)c1ccc(CCC(=O)CCN2CCC(C3C4CCC(C)(C(=O)c5ccc6c(c5)N=C(C)CN6)CCC43)CC2)cc1. The number of aryl methyl sites for hydroxylation is 1. The highest BCUT2D eigenvalue weighted by Gasteiger charge is 2.56. The van der Waals surface area contributed by atoms with Crippen LogP contribution in [0.1, 0.15) is 100 Å². The van der Waals surface area contributed by atoms with Crippen LogP contribution in [0.4, 0.5) is 20.2 Å². The molecule has 0 aromatic heterocycles. The van der Waals surface area contributed by atoms with E-state index in [0.29, 0.717) is 19.3 Å². The number of ketones is 2. The molecule has 0 radical (unpaired) electrons. The van der Waals surface area contributed by atoms with Crippen LogP contribution in [0, 0.1) is 29.1 Å². The number of carbonyl (C=O) groups excluding carboxylic acids is 2. The zero-order valence-electron chi connectivity index (χ0n) is 27.2. The minimum atomic E-state index is -2.79. The van der Waals surface area contributed by atoms with Crippen molar-refractivity contribution in [1.29, 1.82) is 0 Å². The van der Waals surface area contributed by atoms with Crippen LogP contribution in [0.15, 0.2) is 47.5 Å². The summed E-state index contributed by atoms with van der Waals surface area (Å²) in [6.45, 7) is 9.38. The first-order valence-corrected chi connectivity index (χ1v) is 17.2. The first-order chi connectivity index (χ1) is 21.6. The summed E-state index contributed by atoms with van der Waals surface area (Å²) in [4.78, 5) is 33.5. The van der Waals surface area contributed by atoms with Crippen molar-refractivity contribution in [3.8, 4) is 0 Å². The number of benzene rings is 2. The lowest BCUT2D eigenvalue weighted by Crippen LogP contribution is -2.36. The Labute approximate surface area is 267 Å². The van der Waals surface area contributed by atoms with Gasteiger partial charge in [0.1, 0.15) is 5.78 Å². The third-order valence-corrected chi connectivity index (χ3v) is 11.5. The van der Waals surface area contributed by atoms with E-state index in [1.807, 2.05) is 25.1 Å². The van der Waals surface area contributed by atoms with Crippen LogP contribution in [-0.2, 0) is 17.1 Å². The van der Waals surface area contributed by atoms with Gasteiger partial charge in [-0.15, -0.1) is 0 Å². The first kappa shape index (κ1) is 32.0. The summed E-state index contributed by atoms with van der Waals surface area (Å²) in [5.41, 5.74) is 4.41. The number of alkyl halides is 2. The van der Waals surface area contributed by atoms with Crippen LogP contribution in [-0.4, -0.2) is 48.4 Å². The normalized spacial score (nSPS) is 27.0. The highest BCUT2D eigenvalue weighted by molar-refractivity contribution is 6.03. The van der Waals surface area contributed by atoms with E-state index in [4.69, 9.17) is 0 Å². The first-order valence-electron chi connectivity index (χ1n) is 17.2. The van der Waals surface area contributed by atoms with Gasteiger partial charge >= 0.3 is 0 Å². The number of carbonyl (C=O) groups is 2. The Hall–Kier alpha value is -2.93. The maximum Gasteiger partial charge on any atom is 0.273 e. The minimum absolute atomic E-state index is 0.0444. The van der Waals surface area contributed by atoms with Gasteiger partial charge in [0, 0.05) is 48.1 Å². The lowest BCUT2D eigenvalue weighted by atomic mass is 9.74. The number of nitrogens with zero attached hydrogens (tertiary/aromatic N) is 2. The van der Waals surface area contributed by atoms with Crippen molar-refractivity contribution in [2.75, 3.05) is 31.5 Å². The summed E-state index contributed by atoms with van der Waals surface area (Å²) in [7, 11) is 0. The quantitative estimate of drug-likeness (QED) is 0.257. The molecular formula is C38H49F2N3O2. The van der Waals surface area contributed by atoms with Gasteiger partial charge in [-0.25, -0.2) is 8.78 Å². The fourth-order valence-corrected chi connectivity index (χ4v) is 8.41. The molecule has 2 atom stereocenters. The van der Waals surface area contributed by atoms with Crippen LogP contribution in [0.5, 0.6) is 0 Å². The van der Waals surface area contributed by atoms with E-state index in [0.717, 1.165) is 104 Å². The molecule has 1 N–H and O–H groups in total. The average Bonchev–Trinajstić information content (AvgIpc) is 3.79. The second kappa shape index (κ2) is 13.1. The molecule has 2 heterocycles. The largest absolute Gasteiger partial charge is 0.378 e. The number of likely N-dealkylation sites (tertiary alicyclic amines) is 1. The van der Waals surface area contributed by atoms with E-state index in [-0.39, 0.29) is 29.0 Å². The smallest absolute Gasteiger partial charge is 0.273 e. The number of rotatable bonds is 11. The number of hydrogen-bond acceptors (Lipinski definition) is 5. The number of fused-ring (bicyclic) bond motifs is 2. The lowest BCUT2D eigenvalue weighted by molar-refractivity contribution is -0.119. The van der Waals surface area contributed by atoms with Gasteiger partial charge in [0.25, 0.3) is 5.92 Å². The number of hydrogen-bond donors (Lipinski definition) is 1. The van der Waals surface area contributed by atoms with Gasteiger partial charge in [-0.1, -0.05) is 38.1 Å². The van der Waals surface area contributed by atoms with Gasteiger partial charge in [-0.3, -0.25) is 14.6 Å². The van der Waals surface area contributed by atoms with E-state index in [2.05, 4.69) is 22.1 Å². The Morgan fingerprint density at radius 2 is 1.69 bits per heavy atom. The molecule has 2 aromatic rings. The molecular weight excluding hydrogens is 568 g/mol. The van der Waals surface area contributed by atoms with Crippen LogP contribution in [0.3, 0.4) is 0 Å². The van der Waals surface area contributed by atoms with Gasteiger partial charge in [0.05, 0.1) is 17.9 Å².